The molecule has 2 aromatic rings. The third kappa shape index (κ3) is 3.82. The Morgan fingerprint density at radius 3 is 2.84 bits per heavy atom. The second-order valence-corrected chi connectivity index (χ2v) is 5.09. The molecule has 1 amide bonds. The maximum absolute atomic E-state index is 12.5. The number of nitrogens with zero attached hydrogens (tertiary/aromatic N) is 5. The second-order valence-electron chi connectivity index (χ2n) is 5.09. The largest absolute Gasteiger partial charge is 0.397 e. The number of alkyl halides is 3. The summed E-state index contributed by atoms with van der Waals surface area (Å²) >= 11 is 0. The zero-order valence-electron chi connectivity index (χ0n) is 12.6. The Morgan fingerprint density at radius 2 is 2.20 bits per heavy atom. The molecule has 130 valence electrons. The number of carbonyl (C=O) groups excluding carboxylic acids is 1. The first kappa shape index (κ1) is 16.6. The molecular formula is C14H12F3N7O. The van der Waals surface area contributed by atoms with Gasteiger partial charge in [0.2, 0.25) is 11.7 Å². The highest BCUT2D eigenvalue weighted by Crippen LogP contribution is 2.26. The number of allylic oxidation sites excluding steroid dienone is 1. The number of aliphatic imine (C=N–C) groups is 1. The number of carbonyl (C=O) groups is 1. The Hall–Kier alpha value is -3.24. The number of aromatic nitrogens is 4. The van der Waals surface area contributed by atoms with Gasteiger partial charge in [-0.2, -0.15) is 18.3 Å². The quantitative estimate of drug-likeness (QED) is 0.857. The molecule has 1 aliphatic rings. The van der Waals surface area contributed by atoms with E-state index < -0.39 is 24.3 Å². The lowest BCUT2D eigenvalue weighted by Crippen LogP contribution is -2.56. The number of amides is 1. The minimum atomic E-state index is -4.64. The van der Waals surface area contributed by atoms with Crippen LogP contribution >= 0.6 is 0 Å². The molecule has 1 atom stereocenters. The van der Waals surface area contributed by atoms with Gasteiger partial charge in [0.15, 0.2) is 0 Å². The molecule has 0 bridgehead atoms. The average molecular weight is 351 g/mol. The van der Waals surface area contributed by atoms with Gasteiger partial charge in [0.1, 0.15) is 24.9 Å². The van der Waals surface area contributed by atoms with Gasteiger partial charge in [0, 0.05) is 24.2 Å². The van der Waals surface area contributed by atoms with Crippen LogP contribution in [0.15, 0.2) is 48.2 Å². The molecule has 1 unspecified atom stereocenters. The van der Waals surface area contributed by atoms with Crippen LogP contribution in [-0.2, 0) is 10.6 Å². The molecule has 8 nitrogen and oxygen atoms in total. The fourth-order valence-electron chi connectivity index (χ4n) is 2.23. The predicted octanol–water partition coefficient (Wildman–Crippen LogP) is 1.02. The second kappa shape index (κ2) is 6.34. The summed E-state index contributed by atoms with van der Waals surface area (Å²) in [6, 6.07) is 3.16. The first-order valence-corrected chi connectivity index (χ1v) is 7.05. The van der Waals surface area contributed by atoms with Gasteiger partial charge in [-0.15, -0.1) is 0 Å². The van der Waals surface area contributed by atoms with Crippen molar-refractivity contribution in [3.63, 3.8) is 0 Å². The summed E-state index contributed by atoms with van der Waals surface area (Å²) < 4.78 is 38.9. The van der Waals surface area contributed by atoms with Crippen molar-refractivity contribution in [2.45, 2.75) is 18.4 Å². The lowest BCUT2D eigenvalue weighted by Gasteiger charge is -2.35. The smallest absolute Gasteiger partial charge is 0.325 e. The first-order chi connectivity index (χ1) is 11.9. The molecular weight excluding hydrogens is 339 g/mol. The van der Waals surface area contributed by atoms with Gasteiger partial charge in [-0.1, -0.05) is 0 Å². The maximum Gasteiger partial charge on any atom is 0.397 e. The summed E-state index contributed by atoms with van der Waals surface area (Å²) in [4.78, 5) is 23.8. The summed E-state index contributed by atoms with van der Waals surface area (Å²) in [5.74, 6) is -2.52. The van der Waals surface area contributed by atoms with Crippen molar-refractivity contribution < 1.29 is 18.0 Å². The predicted molar refractivity (Wildman–Crippen MR) is 80.7 cm³/mol. The van der Waals surface area contributed by atoms with Crippen LogP contribution in [0.2, 0.25) is 0 Å². The van der Waals surface area contributed by atoms with Gasteiger partial charge in [0.05, 0.1) is 0 Å². The molecule has 0 spiro atoms. The summed E-state index contributed by atoms with van der Waals surface area (Å²) in [6.45, 7) is 0. The normalized spacial score (nSPS) is 19.9. The van der Waals surface area contributed by atoms with Crippen molar-refractivity contribution in [3.05, 3.63) is 48.8 Å². The van der Waals surface area contributed by atoms with Gasteiger partial charge in [-0.25, -0.2) is 14.7 Å². The molecule has 0 aromatic carbocycles. The van der Waals surface area contributed by atoms with Crippen LogP contribution in [0.4, 0.5) is 13.2 Å². The highest BCUT2D eigenvalue weighted by Gasteiger charge is 2.39. The summed E-state index contributed by atoms with van der Waals surface area (Å²) in [5, 5.41) is 9.12. The minimum Gasteiger partial charge on any atom is -0.325 e. The monoisotopic (exact) mass is 351 g/mol. The zero-order chi connectivity index (χ0) is 17.9. The van der Waals surface area contributed by atoms with Gasteiger partial charge in [0.25, 0.3) is 0 Å². The molecule has 2 aromatic heterocycles. The lowest BCUT2D eigenvalue weighted by atomic mass is 10.1. The highest BCUT2D eigenvalue weighted by molar-refractivity contribution is 5.83. The molecule has 25 heavy (non-hydrogen) atoms. The number of rotatable bonds is 4. The van der Waals surface area contributed by atoms with E-state index in [0.717, 1.165) is 0 Å². The molecule has 0 saturated heterocycles. The average Bonchev–Trinajstić information content (AvgIpc) is 3.08. The van der Waals surface area contributed by atoms with E-state index in [1.165, 1.54) is 35.9 Å². The van der Waals surface area contributed by atoms with E-state index in [2.05, 4.69) is 30.7 Å². The van der Waals surface area contributed by atoms with Crippen LogP contribution in [-0.4, -0.2) is 38.0 Å². The summed E-state index contributed by atoms with van der Waals surface area (Å²) in [7, 11) is 0. The molecule has 0 saturated carbocycles. The van der Waals surface area contributed by atoms with Crippen LogP contribution in [0.25, 0.3) is 5.82 Å². The Morgan fingerprint density at radius 1 is 1.36 bits per heavy atom. The first-order valence-electron chi connectivity index (χ1n) is 7.05. The molecule has 3 rings (SSSR count). The standard InChI is InChI=1S/C14H12F3N7O/c15-13(16,17)6-12(25)23-14(10-2-1-4-18-7-10)20-5-3-11(22-14)24-9-19-8-21-24/h1-5,7-9,22H,6H2,(H,23,25). The van der Waals surface area contributed by atoms with E-state index in [4.69, 9.17) is 0 Å². The van der Waals surface area contributed by atoms with Crippen LogP contribution < -0.4 is 10.6 Å². The number of nitrogens with one attached hydrogen (secondary N) is 2. The van der Waals surface area contributed by atoms with Gasteiger partial charge >= 0.3 is 6.18 Å². The van der Waals surface area contributed by atoms with E-state index >= 15 is 0 Å². The van der Waals surface area contributed by atoms with Crippen molar-refractivity contribution in [1.29, 1.82) is 0 Å². The molecule has 0 aliphatic carbocycles. The molecule has 3 heterocycles. The lowest BCUT2D eigenvalue weighted by molar-refractivity contribution is -0.155. The number of hydrogen-bond donors (Lipinski definition) is 2. The molecule has 0 radical (unpaired) electrons. The zero-order valence-corrected chi connectivity index (χ0v) is 12.6. The van der Waals surface area contributed by atoms with E-state index in [0.29, 0.717) is 11.4 Å². The van der Waals surface area contributed by atoms with Crippen LogP contribution in [0.1, 0.15) is 12.0 Å². The van der Waals surface area contributed by atoms with Gasteiger partial charge < -0.3 is 10.6 Å². The Balaban J connectivity index is 1.93. The molecule has 11 heteroatoms. The highest BCUT2D eigenvalue weighted by atomic mass is 19.4. The topological polar surface area (TPSA) is 97.1 Å². The number of pyridine rings is 1. The van der Waals surface area contributed by atoms with Crippen LogP contribution in [0.5, 0.6) is 0 Å². The summed E-state index contributed by atoms with van der Waals surface area (Å²) in [5.41, 5.74) is 0.354. The Kier molecular flexibility index (Phi) is 4.21. The Labute approximate surface area is 139 Å². The summed E-state index contributed by atoms with van der Waals surface area (Å²) in [6.07, 6.45) is 2.20. The van der Waals surface area contributed by atoms with E-state index in [9.17, 15) is 18.0 Å². The molecule has 1 aliphatic heterocycles. The van der Waals surface area contributed by atoms with Crippen molar-refractivity contribution in [2.75, 3.05) is 0 Å². The fourth-order valence-corrected chi connectivity index (χ4v) is 2.23. The van der Waals surface area contributed by atoms with E-state index in [1.807, 2.05) is 0 Å². The number of hydrogen-bond acceptors (Lipinski definition) is 6. The molecule has 0 fully saturated rings. The van der Waals surface area contributed by atoms with E-state index in [1.54, 1.807) is 18.2 Å². The third-order valence-electron chi connectivity index (χ3n) is 3.24. The molecule has 2 N–H and O–H groups in total. The van der Waals surface area contributed by atoms with Crippen LogP contribution in [0, 0.1) is 0 Å². The maximum atomic E-state index is 12.5. The van der Waals surface area contributed by atoms with Crippen molar-refractivity contribution in [3.8, 4) is 0 Å². The van der Waals surface area contributed by atoms with Crippen molar-refractivity contribution >= 4 is 17.9 Å². The Bertz CT molecular complexity index is 802. The van der Waals surface area contributed by atoms with Gasteiger partial charge in [-0.05, 0) is 18.2 Å². The van der Waals surface area contributed by atoms with Crippen LogP contribution in [0.3, 0.4) is 0 Å². The number of halogens is 3. The minimum absolute atomic E-state index is 0.354. The third-order valence-corrected chi connectivity index (χ3v) is 3.24. The fraction of sp³-hybridized carbons (Fsp3) is 0.214. The van der Waals surface area contributed by atoms with E-state index in [-0.39, 0.29) is 0 Å². The van der Waals surface area contributed by atoms with Crippen molar-refractivity contribution in [1.82, 2.24) is 30.4 Å². The SMILES string of the molecule is O=C(CC(F)(F)F)NC1(c2cccnc2)N=CC=C(n2cncn2)N1. The van der Waals surface area contributed by atoms with Gasteiger partial charge in [-0.3, -0.25) is 9.78 Å². The van der Waals surface area contributed by atoms with Crippen molar-refractivity contribution in [2.24, 2.45) is 4.99 Å².